The molecule has 2 aromatic carbocycles. The van der Waals surface area contributed by atoms with Crippen molar-refractivity contribution < 1.29 is 4.68 Å². The second-order valence-corrected chi connectivity index (χ2v) is 9.45. The molecule has 7 heteroatoms. The van der Waals surface area contributed by atoms with Crippen molar-refractivity contribution in [3.63, 3.8) is 0 Å². The molecule has 0 radical (unpaired) electrons. The highest BCUT2D eigenvalue weighted by Crippen LogP contribution is 2.34. The zero-order chi connectivity index (χ0) is 21.2. The fourth-order valence-corrected chi connectivity index (χ4v) is 5.25. The number of aromatic nitrogens is 2. The number of azo groups is 1. The van der Waals surface area contributed by atoms with E-state index in [1.807, 2.05) is 10.7 Å². The van der Waals surface area contributed by atoms with Crippen molar-refractivity contribution in [1.29, 1.82) is 0 Å². The fraction of sp³-hybridized carbons (Fsp3) is 0.417. The Morgan fingerprint density at radius 1 is 1.10 bits per heavy atom. The Balaban J connectivity index is 1.43. The topological polar surface area (TPSA) is 48.0 Å². The van der Waals surface area contributed by atoms with Crippen molar-refractivity contribution in [2.75, 3.05) is 29.9 Å². The molecule has 5 rings (SSSR count). The molecule has 1 unspecified atom stereocenters. The lowest BCUT2D eigenvalue weighted by molar-refractivity contribution is -0.728. The van der Waals surface area contributed by atoms with Crippen molar-refractivity contribution in [3.8, 4) is 0 Å². The summed E-state index contributed by atoms with van der Waals surface area (Å²) >= 11 is 1.63. The van der Waals surface area contributed by atoms with Crippen molar-refractivity contribution in [3.05, 3.63) is 59.7 Å². The van der Waals surface area contributed by atoms with E-state index in [0.29, 0.717) is 12.6 Å². The molecule has 1 saturated heterocycles. The number of hydrogen-bond acceptors (Lipinski definition) is 6. The largest absolute Gasteiger partial charge is 0.432 e. The Labute approximate surface area is 187 Å². The normalized spacial score (nSPS) is 18.7. The Hall–Kier alpha value is -2.80. The van der Waals surface area contributed by atoms with E-state index in [4.69, 9.17) is 5.10 Å². The van der Waals surface area contributed by atoms with Gasteiger partial charge in [-0.05, 0) is 78.4 Å². The Morgan fingerprint density at radius 2 is 1.90 bits per heavy atom. The first-order valence-electron chi connectivity index (χ1n) is 11.1. The van der Waals surface area contributed by atoms with Gasteiger partial charge in [0.05, 0.1) is 5.11 Å². The highest BCUT2D eigenvalue weighted by molar-refractivity contribution is 7.18. The number of anilines is 2. The first-order valence-corrected chi connectivity index (χ1v) is 12.0. The second-order valence-electron chi connectivity index (χ2n) is 8.52. The number of benzene rings is 2. The van der Waals surface area contributed by atoms with Gasteiger partial charge in [0, 0.05) is 31.9 Å². The SMILES string of the molecule is CC1CCc2cc(N=Nc3sc(N4CCCC4)n[n+]3Cc3ccccc3)ccc2N1C. The molecular weight excluding hydrogens is 404 g/mol. The quantitative estimate of drug-likeness (QED) is 0.407. The van der Waals surface area contributed by atoms with Gasteiger partial charge in [-0.25, -0.2) is 0 Å². The Morgan fingerprint density at radius 3 is 2.71 bits per heavy atom. The van der Waals surface area contributed by atoms with Crippen LogP contribution in [0.25, 0.3) is 0 Å². The molecule has 1 aromatic heterocycles. The van der Waals surface area contributed by atoms with Crippen LogP contribution in [-0.4, -0.2) is 31.3 Å². The lowest BCUT2D eigenvalue weighted by Gasteiger charge is -2.33. The van der Waals surface area contributed by atoms with Crippen molar-refractivity contribution in [2.45, 2.75) is 45.2 Å². The standard InChI is InChI=1S/C24H29N6S/c1-18-10-11-20-16-21(12-13-22(20)28(18)2)25-26-23-30(17-19-8-4-3-5-9-19)27-24(31-23)29-14-6-7-15-29/h3-5,8-9,12-13,16,18H,6-7,10-11,14-15,17H2,1-2H3/q+1. The molecule has 160 valence electrons. The third kappa shape index (κ3) is 4.32. The van der Waals surface area contributed by atoms with Crippen LogP contribution < -0.4 is 14.5 Å². The minimum absolute atomic E-state index is 0.582. The van der Waals surface area contributed by atoms with Crippen LogP contribution in [0.1, 0.15) is 37.3 Å². The van der Waals surface area contributed by atoms with E-state index < -0.39 is 0 Å². The van der Waals surface area contributed by atoms with Crippen molar-refractivity contribution >= 4 is 33.0 Å². The van der Waals surface area contributed by atoms with E-state index in [2.05, 4.69) is 76.5 Å². The Bertz CT molecular complexity index is 1070. The predicted octanol–water partition coefficient (Wildman–Crippen LogP) is 5.27. The van der Waals surface area contributed by atoms with Gasteiger partial charge in [-0.3, -0.25) is 0 Å². The number of aryl methyl sites for hydroxylation is 1. The van der Waals surface area contributed by atoms with Gasteiger partial charge in [0.15, 0.2) is 0 Å². The van der Waals surface area contributed by atoms with Crippen molar-refractivity contribution in [1.82, 2.24) is 5.10 Å². The molecule has 2 aliphatic heterocycles. The summed E-state index contributed by atoms with van der Waals surface area (Å²) in [5, 5.41) is 16.0. The molecule has 0 saturated carbocycles. The number of hydrogen-bond donors (Lipinski definition) is 0. The minimum atomic E-state index is 0.582. The molecule has 31 heavy (non-hydrogen) atoms. The zero-order valence-corrected chi connectivity index (χ0v) is 19.1. The van der Waals surface area contributed by atoms with E-state index in [9.17, 15) is 0 Å². The molecule has 3 heterocycles. The predicted molar refractivity (Wildman–Crippen MR) is 126 cm³/mol. The third-order valence-electron chi connectivity index (χ3n) is 6.35. The van der Waals surface area contributed by atoms with Crippen LogP contribution in [-0.2, 0) is 13.0 Å². The van der Waals surface area contributed by atoms with E-state index >= 15 is 0 Å². The van der Waals surface area contributed by atoms with Crippen LogP contribution in [0.4, 0.5) is 21.6 Å². The van der Waals surface area contributed by atoms with Gasteiger partial charge in [0.1, 0.15) is 12.2 Å². The highest BCUT2D eigenvalue weighted by atomic mass is 32.1. The molecule has 2 aliphatic rings. The van der Waals surface area contributed by atoms with Gasteiger partial charge in [-0.1, -0.05) is 35.4 Å². The van der Waals surface area contributed by atoms with Crippen LogP contribution >= 0.6 is 11.3 Å². The maximum atomic E-state index is 4.89. The van der Waals surface area contributed by atoms with Gasteiger partial charge < -0.3 is 9.80 Å². The highest BCUT2D eigenvalue weighted by Gasteiger charge is 2.25. The lowest BCUT2D eigenvalue weighted by atomic mass is 9.97. The summed E-state index contributed by atoms with van der Waals surface area (Å²) in [7, 11) is 2.17. The van der Waals surface area contributed by atoms with Crippen molar-refractivity contribution in [2.24, 2.45) is 10.2 Å². The molecule has 0 aliphatic carbocycles. The first-order chi connectivity index (χ1) is 15.2. The number of fused-ring (bicyclic) bond motifs is 1. The first kappa shape index (κ1) is 20.1. The molecule has 1 atom stereocenters. The minimum Gasteiger partial charge on any atom is -0.372 e. The second kappa shape index (κ2) is 8.75. The monoisotopic (exact) mass is 433 g/mol. The molecule has 0 spiro atoms. The van der Waals surface area contributed by atoms with E-state index in [-0.39, 0.29) is 0 Å². The van der Waals surface area contributed by atoms with Crippen LogP contribution in [0.3, 0.4) is 0 Å². The van der Waals surface area contributed by atoms with E-state index in [1.54, 1.807) is 11.3 Å². The maximum Gasteiger partial charge on any atom is 0.432 e. The number of nitrogens with zero attached hydrogens (tertiary/aromatic N) is 6. The number of rotatable bonds is 5. The molecule has 1 fully saturated rings. The van der Waals surface area contributed by atoms with Gasteiger partial charge in [-0.2, -0.15) is 0 Å². The summed E-state index contributed by atoms with van der Waals surface area (Å²) in [4.78, 5) is 4.72. The average molecular weight is 434 g/mol. The summed E-state index contributed by atoms with van der Waals surface area (Å²) in [6.07, 6.45) is 4.74. The van der Waals surface area contributed by atoms with E-state index in [1.165, 1.54) is 36.1 Å². The van der Waals surface area contributed by atoms with Crippen LogP contribution in [0.2, 0.25) is 0 Å². The van der Waals surface area contributed by atoms with E-state index in [0.717, 1.165) is 35.5 Å². The maximum absolute atomic E-state index is 4.89. The molecule has 0 amide bonds. The van der Waals surface area contributed by atoms with Crippen LogP contribution in [0.15, 0.2) is 58.8 Å². The molecule has 3 aromatic rings. The van der Waals surface area contributed by atoms with Gasteiger partial charge in [-0.15, -0.1) is 4.68 Å². The Kier molecular flexibility index (Phi) is 5.68. The summed E-state index contributed by atoms with van der Waals surface area (Å²) in [5.74, 6) is 0. The molecule has 0 N–H and O–H groups in total. The summed E-state index contributed by atoms with van der Waals surface area (Å²) < 4.78 is 1.99. The van der Waals surface area contributed by atoms with Gasteiger partial charge >= 0.3 is 5.13 Å². The van der Waals surface area contributed by atoms with Gasteiger partial charge in [0.25, 0.3) is 0 Å². The van der Waals surface area contributed by atoms with Crippen LogP contribution in [0.5, 0.6) is 0 Å². The molecule has 0 bridgehead atoms. The lowest BCUT2D eigenvalue weighted by Crippen LogP contribution is -2.37. The summed E-state index contributed by atoms with van der Waals surface area (Å²) in [6.45, 7) is 5.13. The zero-order valence-electron chi connectivity index (χ0n) is 18.2. The average Bonchev–Trinajstić information content (AvgIpc) is 3.46. The fourth-order valence-electron chi connectivity index (χ4n) is 4.34. The third-order valence-corrected chi connectivity index (χ3v) is 7.35. The summed E-state index contributed by atoms with van der Waals surface area (Å²) in [5.41, 5.74) is 4.79. The smallest absolute Gasteiger partial charge is 0.372 e. The molecule has 6 nitrogen and oxygen atoms in total. The summed E-state index contributed by atoms with van der Waals surface area (Å²) in [6, 6.07) is 17.4. The molecular formula is C24H29N6S+. The van der Waals surface area contributed by atoms with Gasteiger partial charge in [0.2, 0.25) is 5.13 Å². The van der Waals surface area contributed by atoms with Crippen LogP contribution in [0, 0.1) is 0 Å².